The van der Waals surface area contributed by atoms with Gasteiger partial charge in [0.05, 0.1) is 17.1 Å². The normalized spacial score (nSPS) is 17.0. The maximum Gasteiger partial charge on any atom is 0.255 e. The lowest BCUT2D eigenvalue weighted by atomic mass is 10.0. The van der Waals surface area contributed by atoms with Crippen LogP contribution >= 0.6 is 0 Å². The predicted molar refractivity (Wildman–Crippen MR) is 98.5 cm³/mol. The van der Waals surface area contributed by atoms with Crippen LogP contribution in [0.4, 0.5) is 5.82 Å². The van der Waals surface area contributed by atoms with Crippen molar-refractivity contribution in [1.29, 1.82) is 0 Å². The number of nitrogens with zero attached hydrogens (tertiary/aromatic N) is 3. The monoisotopic (exact) mass is 332 g/mol. The summed E-state index contributed by atoms with van der Waals surface area (Å²) in [5.74, 6) is 0.868. The van der Waals surface area contributed by atoms with Crippen LogP contribution in [-0.4, -0.2) is 34.4 Å². The van der Waals surface area contributed by atoms with Crippen LogP contribution in [-0.2, 0) is 0 Å². The molecule has 25 heavy (non-hydrogen) atoms. The third-order valence-corrected chi connectivity index (χ3v) is 4.78. The van der Waals surface area contributed by atoms with Gasteiger partial charge in [-0.1, -0.05) is 18.2 Å². The second-order valence-electron chi connectivity index (χ2n) is 6.30. The van der Waals surface area contributed by atoms with Crippen molar-refractivity contribution >= 4 is 22.6 Å². The molecule has 0 aliphatic carbocycles. The smallest absolute Gasteiger partial charge is 0.255 e. The van der Waals surface area contributed by atoms with Gasteiger partial charge in [0.25, 0.3) is 5.91 Å². The standard InChI is InChI=1S/C20H20N4O/c1-21-19-12-15(8-9-22-19)18-7-4-10-24(18)20(25)16-11-14-5-2-3-6-17(14)23-13-16/h2-3,5-6,8-9,11-13,18H,4,7,10H2,1H3,(H,21,22)/t18-/m1/s1. The van der Waals surface area contributed by atoms with Gasteiger partial charge in [-0.2, -0.15) is 0 Å². The van der Waals surface area contributed by atoms with Crippen LogP contribution in [0.15, 0.2) is 54.9 Å². The van der Waals surface area contributed by atoms with Crippen LogP contribution in [0.3, 0.4) is 0 Å². The number of hydrogen-bond acceptors (Lipinski definition) is 4. The average molecular weight is 332 g/mol. The lowest BCUT2D eigenvalue weighted by Crippen LogP contribution is -2.30. The number of benzene rings is 1. The molecule has 1 aliphatic rings. The van der Waals surface area contributed by atoms with Gasteiger partial charge in [-0.3, -0.25) is 9.78 Å². The number of pyridine rings is 2. The molecule has 0 spiro atoms. The molecule has 1 amide bonds. The first-order chi connectivity index (χ1) is 12.3. The van der Waals surface area contributed by atoms with E-state index in [9.17, 15) is 4.79 Å². The molecule has 5 heteroatoms. The zero-order valence-corrected chi connectivity index (χ0v) is 14.1. The van der Waals surface area contributed by atoms with Crippen LogP contribution in [0.25, 0.3) is 10.9 Å². The Morgan fingerprint density at radius 3 is 2.96 bits per heavy atom. The number of amides is 1. The molecule has 0 radical (unpaired) electrons. The lowest BCUT2D eigenvalue weighted by Gasteiger charge is -2.25. The molecule has 1 fully saturated rings. The number of rotatable bonds is 3. The van der Waals surface area contributed by atoms with Gasteiger partial charge in [0, 0.05) is 31.4 Å². The number of anilines is 1. The number of nitrogens with one attached hydrogen (secondary N) is 1. The van der Waals surface area contributed by atoms with Crippen LogP contribution in [0.1, 0.15) is 34.8 Å². The number of aromatic nitrogens is 2. The van der Waals surface area contributed by atoms with Gasteiger partial charge in [-0.25, -0.2) is 4.98 Å². The fourth-order valence-corrected chi connectivity index (χ4v) is 3.50. The van der Waals surface area contributed by atoms with Gasteiger partial charge in [0.1, 0.15) is 5.82 Å². The van der Waals surface area contributed by atoms with E-state index >= 15 is 0 Å². The van der Waals surface area contributed by atoms with E-state index < -0.39 is 0 Å². The van der Waals surface area contributed by atoms with Crippen LogP contribution in [0, 0.1) is 0 Å². The highest BCUT2D eigenvalue weighted by Crippen LogP contribution is 2.33. The van der Waals surface area contributed by atoms with Gasteiger partial charge in [-0.05, 0) is 42.7 Å². The number of para-hydroxylation sites is 1. The summed E-state index contributed by atoms with van der Waals surface area (Å²) in [6, 6.07) is 13.9. The lowest BCUT2D eigenvalue weighted by molar-refractivity contribution is 0.0735. The summed E-state index contributed by atoms with van der Waals surface area (Å²) < 4.78 is 0. The van der Waals surface area contributed by atoms with E-state index in [-0.39, 0.29) is 11.9 Å². The van der Waals surface area contributed by atoms with Gasteiger partial charge in [0.15, 0.2) is 0 Å². The summed E-state index contributed by atoms with van der Waals surface area (Å²) in [5, 5.41) is 4.05. The zero-order valence-electron chi connectivity index (χ0n) is 14.1. The Morgan fingerprint density at radius 1 is 1.20 bits per heavy atom. The van der Waals surface area contributed by atoms with Crippen molar-refractivity contribution in [2.75, 3.05) is 18.9 Å². The highest BCUT2D eigenvalue weighted by molar-refractivity contribution is 5.97. The molecule has 0 bridgehead atoms. The summed E-state index contributed by atoms with van der Waals surface area (Å²) in [6.07, 6.45) is 5.46. The van der Waals surface area contributed by atoms with Crippen LogP contribution in [0.5, 0.6) is 0 Å². The highest BCUT2D eigenvalue weighted by Gasteiger charge is 2.31. The van der Waals surface area contributed by atoms with Crippen LogP contribution < -0.4 is 5.32 Å². The Bertz CT molecular complexity index is 924. The van der Waals surface area contributed by atoms with E-state index in [1.54, 1.807) is 12.4 Å². The summed E-state index contributed by atoms with van der Waals surface area (Å²) >= 11 is 0. The minimum Gasteiger partial charge on any atom is -0.373 e. The Morgan fingerprint density at radius 2 is 2.08 bits per heavy atom. The van der Waals surface area contributed by atoms with Crippen molar-refractivity contribution in [2.45, 2.75) is 18.9 Å². The molecular formula is C20H20N4O. The Kier molecular flexibility index (Phi) is 4.06. The van der Waals surface area contributed by atoms with E-state index in [0.29, 0.717) is 5.56 Å². The predicted octanol–water partition coefficient (Wildman–Crippen LogP) is 3.65. The first-order valence-corrected chi connectivity index (χ1v) is 8.56. The van der Waals surface area contributed by atoms with E-state index in [4.69, 9.17) is 0 Å². The van der Waals surface area contributed by atoms with Crippen LogP contribution in [0.2, 0.25) is 0 Å². The molecule has 3 aromatic rings. The van der Waals surface area contributed by atoms with Gasteiger partial charge >= 0.3 is 0 Å². The maximum absolute atomic E-state index is 13.1. The fraction of sp³-hybridized carbons (Fsp3) is 0.250. The van der Waals surface area contributed by atoms with Crippen molar-refractivity contribution < 1.29 is 4.79 Å². The molecule has 1 saturated heterocycles. The molecule has 1 aliphatic heterocycles. The Balaban J connectivity index is 1.65. The third kappa shape index (κ3) is 2.93. The third-order valence-electron chi connectivity index (χ3n) is 4.78. The van der Waals surface area contributed by atoms with E-state index in [2.05, 4.69) is 15.3 Å². The number of hydrogen-bond donors (Lipinski definition) is 1. The number of carbonyl (C=O) groups is 1. The topological polar surface area (TPSA) is 58.1 Å². The van der Waals surface area contributed by atoms with Crippen molar-refractivity contribution in [3.63, 3.8) is 0 Å². The minimum absolute atomic E-state index is 0.0450. The van der Waals surface area contributed by atoms with Crippen molar-refractivity contribution in [3.05, 3.63) is 66.0 Å². The SMILES string of the molecule is CNc1cc([C@H]2CCCN2C(=O)c2cnc3ccccc3c2)ccn1. The molecular weight excluding hydrogens is 312 g/mol. The zero-order chi connectivity index (χ0) is 17.2. The molecule has 5 nitrogen and oxygen atoms in total. The molecule has 4 rings (SSSR count). The van der Waals surface area contributed by atoms with Crippen molar-refractivity contribution in [1.82, 2.24) is 14.9 Å². The second kappa shape index (κ2) is 6.51. The molecule has 0 unspecified atom stereocenters. The first kappa shape index (κ1) is 15.6. The van der Waals surface area contributed by atoms with Crippen molar-refractivity contribution in [3.8, 4) is 0 Å². The molecule has 1 aromatic carbocycles. The quantitative estimate of drug-likeness (QED) is 0.795. The van der Waals surface area contributed by atoms with Gasteiger partial charge < -0.3 is 10.2 Å². The molecule has 2 aromatic heterocycles. The van der Waals surface area contributed by atoms with Gasteiger partial charge in [-0.15, -0.1) is 0 Å². The summed E-state index contributed by atoms with van der Waals surface area (Å²) in [4.78, 5) is 23.7. The maximum atomic E-state index is 13.1. The number of likely N-dealkylation sites (tertiary alicyclic amines) is 1. The highest BCUT2D eigenvalue weighted by atomic mass is 16.2. The summed E-state index contributed by atoms with van der Waals surface area (Å²) in [7, 11) is 1.85. The molecule has 3 heterocycles. The van der Waals surface area contributed by atoms with E-state index in [0.717, 1.165) is 41.7 Å². The molecule has 1 N–H and O–H groups in total. The van der Waals surface area contributed by atoms with E-state index in [1.807, 2.05) is 54.4 Å². The first-order valence-electron chi connectivity index (χ1n) is 8.56. The number of carbonyl (C=O) groups excluding carboxylic acids is 1. The molecule has 126 valence electrons. The fourth-order valence-electron chi connectivity index (χ4n) is 3.50. The number of fused-ring (bicyclic) bond motifs is 1. The average Bonchev–Trinajstić information content (AvgIpc) is 3.17. The van der Waals surface area contributed by atoms with E-state index in [1.165, 1.54) is 0 Å². The Hall–Kier alpha value is -2.95. The summed E-state index contributed by atoms with van der Waals surface area (Å²) in [6.45, 7) is 0.771. The van der Waals surface area contributed by atoms with Gasteiger partial charge in [0.2, 0.25) is 0 Å². The largest absolute Gasteiger partial charge is 0.373 e. The minimum atomic E-state index is 0.0450. The van der Waals surface area contributed by atoms with Crippen molar-refractivity contribution in [2.24, 2.45) is 0 Å². The Labute approximate surface area is 146 Å². The molecule has 0 saturated carbocycles. The summed E-state index contributed by atoms with van der Waals surface area (Å²) in [5.41, 5.74) is 2.68. The molecule has 1 atom stereocenters. The second-order valence-corrected chi connectivity index (χ2v) is 6.30.